The Kier molecular flexibility index (Phi) is 4.37. The van der Waals surface area contributed by atoms with Crippen LogP contribution in [0.4, 0.5) is 0 Å². The maximum absolute atomic E-state index is 11.8. The second kappa shape index (κ2) is 5.34. The van der Waals surface area contributed by atoms with E-state index in [9.17, 15) is 4.79 Å². The lowest BCUT2D eigenvalue weighted by atomic mass is 9.89. The summed E-state index contributed by atoms with van der Waals surface area (Å²) < 4.78 is 5.75. The van der Waals surface area contributed by atoms with Gasteiger partial charge in [-0.2, -0.15) is 0 Å². The van der Waals surface area contributed by atoms with E-state index >= 15 is 0 Å². The summed E-state index contributed by atoms with van der Waals surface area (Å²) in [6.45, 7) is 9.11. The van der Waals surface area contributed by atoms with E-state index in [0.29, 0.717) is 18.3 Å². The lowest BCUT2D eigenvalue weighted by molar-refractivity contribution is -0.117. The first kappa shape index (κ1) is 12.3. The van der Waals surface area contributed by atoms with Gasteiger partial charge in [-0.1, -0.05) is 27.7 Å². The van der Waals surface area contributed by atoms with Crippen LogP contribution in [0.5, 0.6) is 0 Å². The van der Waals surface area contributed by atoms with Gasteiger partial charge < -0.3 is 4.74 Å². The van der Waals surface area contributed by atoms with Crippen LogP contribution in [0.2, 0.25) is 0 Å². The van der Waals surface area contributed by atoms with E-state index in [-0.39, 0.29) is 5.78 Å². The fraction of sp³-hybridized carbons (Fsp3) is 0.769. The van der Waals surface area contributed by atoms with Crippen molar-refractivity contribution in [1.29, 1.82) is 0 Å². The Labute approximate surface area is 92.7 Å². The number of ketones is 1. The molecule has 15 heavy (non-hydrogen) atoms. The van der Waals surface area contributed by atoms with E-state index in [1.807, 2.05) is 0 Å². The minimum Gasteiger partial charge on any atom is -0.497 e. The molecule has 1 aliphatic carbocycles. The predicted molar refractivity (Wildman–Crippen MR) is 61.5 cm³/mol. The van der Waals surface area contributed by atoms with Gasteiger partial charge in [0.2, 0.25) is 0 Å². The van der Waals surface area contributed by atoms with Gasteiger partial charge in [-0.15, -0.1) is 0 Å². The number of carbonyl (C=O) groups excluding carboxylic acids is 1. The summed E-state index contributed by atoms with van der Waals surface area (Å²) in [6, 6.07) is 0. The first-order valence-corrected chi connectivity index (χ1v) is 5.91. The summed E-state index contributed by atoms with van der Waals surface area (Å²) in [5.41, 5.74) is 0.932. The lowest BCUT2D eigenvalue weighted by Crippen LogP contribution is -2.18. The highest BCUT2D eigenvalue weighted by atomic mass is 16.5. The molecule has 0 aromatic heterocycles. The molecule has 0 spiro atoms. The highest BCUT2D eigenvalue weighted by Crippen LogP contribution is 2.28. The van der Waals surface area contributed by atoms with Gasteiger partial charge >= 0.3 is 0 Å². The van der Waals surface area contributed by atoms with Gasteiger partial charge in [-0.05, 0) is 18.3 Å². The molecule has 86 valence electrons. The fourth-order valence-corrected chi connectivity index (χ4v) is 1.90. The van der Waals surface area contributed by atoms with Crippen molar-refractivity contribution < 1.29 is 9.53 Å². The Morgan fingerprint density at radius 2 is 1.87 bits per heavy atom. The van der Waals surface area contributed by atoms with Crippen LogP contribution in [0.1, 0.15) is 47.0 Å². The number of carbonyl (C=O) groups is 1. The number of hydrogen-bond donors (Lipinski definition) is 0. The molecule has 0 atom stereocenters. The standard InChI is InChI=1S/C13H22O2/c1-9(2)8-15-12-7-5-6-11(14)13(12)10(3)4/h9-10H,5-8H2,1-4H3. The Hall–Kier alpha value is -0.790. The van der Waals surface area contributed by atoms with Crippen LogP contribution in [0.25, 0.3) is 0 Å². The number of hydrogen-bond acceptors (Lipinski definition) is 2. The largest absolute Gasteiger partial charge is 0.497 e. The molecule has 0 aromatic rings. The molecule has 0 N–H and O–H groups in total. The first-order valence-electron chi connectivity index (χ1n) is 5.91. The molecule has 0 saturated heterocycles. The SMILES string of the molecule is CC(C)COC1=C(C(C)C)C(=O)CCC1. The van der Waals surface area contributed by atoms with Crippen LogP contribution in [0.15, 0.2) is 11.3 Å². The molecule has 2 heteroatoms. The summed E-state index contributed by atoms with van der Waals surface area (Å²) in [7, 11) is 0. The van der Waals surface area contributed by atoms with Crippen molar-refractivity contribution in [2.24, 2.45) is 11.8 Å². The van der Waals surface area contributed by atoms with Gasteiger partial charge in [0, 0.05) is 18.4 Å². The normalized spacial score (nSPS) is 17.9. The molecule has 0 aliphatic heterocycles. The van der Waals surface area contributed by atoms with Crippen molar-refractivity contribution in [3.05, 3.63) is 11.3 Å². The summed E-state index contributed by atoms with van der Waals surface area (Å²) in [6.07, 6.45) is 2.58. The van der Waals surface area contributed by atoms with E-state index < -0.39 is 0 Å². The molecule has 0 aromatic carbocycles. The third kappa shape index (κ3) is 3.37. The van der Waals surface area contributed by atoms with Gasteiger partial charge in [-0.3, -0.25) is 4.79 Å². The zero-order chi connectivity index (χ0) is 11.4. The first-order chi connectivity index (χ1) is 7.02. The second-order valence-corrected chi connectivity index (χ2v) is 4.97. The van der Waals surface area contributed by atoms with Gasteiger partial charge in [0.1, 0.15) is 5.76 Å². The lowest BCUT2D eigenvalue weighted by Gasteiger charge is -2.23. The van der Waals surface area contributed by atoms with Crippen molar-refractivity contribution in [1.82, 2.24) is 0 Å². The monoisotopic (exact) mass is 210 g/mol. The van der Waals surface area contributed by atoms with Crippen LogP contribution >= 0.6 is 0 Å². The van der Waals surface area contributed by atoms with Gasteiger partial charge in [0.05, 0.1) is 6.61 Å². The summed E-state index contributed by atoms with van der Waals surface area (Å²) >= 11 is 0. The Morgan fingerprint density at radius 3 is 2.40 bits per heavy atom. The van der Waals surface area contributed by atoms with Crippen molar-refractivity contribution in [2.45, 2.75) is 47.0 Å². The molecule has 2 nitrogen and oxygen atoms in total. The average Bonchev–Trinajstić information content (AvgIpc) is 2.13. The number of ether oxygens (including phenoxy) is 1. The van der Waals surface area contributed by atoms with E-state index in [1.165, 1.54) is 0 Å². The minimum absolute atomic E-state index is 0.287. The van der Waals surface area contributed by atoms with Gasteiger partial charge in [0.25, 0.3) is 0 Å². The predicted octanol–water partition coefficient (Wildman–Crippen LogP) is 3.32. The molecular weight excluding hydrogens is 188 g/mol. The number of Topliss-reactive ketones (excluding diaryl/α,β-unsaturated/α-hetero) is 1. The van der Waals surface area contributed by atoms with Crippen molar-refractivity contribution in [2.75, 3.05) is 6.61 Å². The van der Waals surface area contributed by atoms with Gasteiger partial charge in [0.15, 0.2) is 5.78 Å². The Morgan fingerprint density at radius 1 is 1.20 bits per heavy atom. The van der Waals surface area contributed by atoms with E-state index in [4.69, 9.17) is 4.74 Å². The third-order valence-electron chi connectivity index (χ3n) is 2.58. The van der Waals surface area contributed by atoms with Gasteiger partial charge in [-0.25, -0.2) is 0 Å². The molecule has 0 saturated carbocycles. The average molecular weight is 210 g/mol. The zero-order valence-corrected chi connectivity index (χ0v) is 10.3. The summed E-state index contributed by atoms with van der Waals surface area (Å²) in [5, 5.41) is 0. The third-order valence-corrected chi connectivity index (χ3v) is 2.58. The molecule has 0 fully saturated rings. The Balaban J connectivity index is 2.77. The molecule has 1 rings (SSSR count). The summed E-state index contributed by atoms with van der Waals surface area (Å²) in [5.74, 6) is 2.05. The minimum atomic E-state index is 0.287. The highest BCUT2D eigenvalue weighted by Gasteiger charge is 2.24. The zero-order valence-electron chi connectivity index (χ0n) is 10.3. The summed E-state index contributed by atoms with van der Waals surface area (Å²) in [4.78, 5) is 11.8. The van der Waals surface area contributed by atoms with E-state index in [0.717, 1.165) is 30.8 Å². The smallest absolute Gasteiger partial charge is 0.162 e. The number of rotatable bonds is 4. The van der Waals surface area contributed by atoms with Crippen LogP contribution in [0.3, 0.4) is 0 Å². The second-order valence-electron chi connectivity index (χ2n) is 4.97. The molecule has 0 amide bonds. The molecule has 0 radical (unpaired) electrons. The van der Waals surface area contributed by atoms with Crippen LogP contribution in [0, 0.1) is 11.8 Å². The molecule has 0 unspecified atom stereocenters. The maximum atomic E-state index is 11.8. The van der Waals surface area contributed by atoms with E-state index in [2.05, 4.69) is 27.7 Å². The van der Waals surface area contributed by atoms with Crippen molar-refractivity contribution in [3.63, 3.8) is 0 Å². The van der Waals surface area contributed by atoms with Crippen LogP contribution in [-0.2, 0) is 9.53 Å². The molecule has 1 aliphatic rings. The Bertz CT molecular complexity index is 262. The van der Waals surface area contributed by atoms with Crippen LogP contribution < -0.4 is 0 Å². The molecular formula is C13H22O2. The maximum Gasteiger partial charge on any atom is 0.162 e. The topological polar surface area (TPSA) is 26.3 Å². The fourth-order valence-electron chi connectivity index (χ4n) is 1.90. The van der Waals surface area contributed by atoms with Crippen molar-refractivity contribution in [3.8, 4) is 0 Å². The van der Waals surface area contributed by atoms with E-state index in [1.54, 1.807) is 0 Å². The molecule has 0 bridgehead atoms. The highest BCUT2D eigenvalue weighted by molar-refractivity contribution is 5.96. The van der Waals surface area contributed by atoms with Crippen LogP contribution in [-0.4, -0.2) is 12.4 Å². The van der Waals surface area contributed by atoms with Crippen molar-refractivity contribution >= 4 is 5.78 Å². The quantitative estimate of drug-likeness (QED) is 0.711. The molecule has 0 heterocycles. The number of allylic oxidation sites excluding steroid dienone is 2.